The smallest absolute Gasteiger partial charge is 0.311 e. The number of hydrogen-bond donors (Lipinski definition) is 1. The summed E-state index contributed by atoms with van der Waals surface area (Å²) in [5.41, 5.74) is 1.02. The van der Waals surface area contributed by atoms with Gasteiger partial charge in [-0.15, -0.1) is 11.3 Å². The van der Waals surface area contributed by atoms with E-state index in [-0.39, 0.29) is 22.9 Å². The van der Waals surface area contributed by atoms with Gasteiger partial charge in [0.05, 0.1) is 26.8 Å². The van der Waals surface area contributed by atoms with Crippen LogP contribution in [-0.4, -0.2) is 29.0 Å². The summed E-state index contributed by atoms with van der Waals surface area (Å²) in [6.45, 7) is 2.53. The zero-order valence-electron chi connectivity index (χ0n) is 14.8. The van der Waals surface area contributed by atoms with Gasteiger partial charge in [0.1, 0.15) is 0 Å². The third-order valence-electron chi connectivity index (χ3n) is 3.91. The Morgan fingerprint density at radius 2 is 2.11 bits per heavy atom. The Balaban J connectivity index is 1.55. The third kappa shape index (κ3) is 4.59. The first kappa shape index (κ1) is 18.8. The Morgan fingerprint density at radius 3 is 2.85 bits per heavy atom. The van der Waals surface area contributed by atoms with Crippen molar-refractivity contribution in [3.63, 3.8) is 0 Å². The van der Waals surface area contributed by atoms with Gasteiger partial charge in [0.2, 0.25) is 0 Å². The van der Waals surface area contributed by atoms with Crippen molar-refractivity contribution in [1.82, 2.24) is 10.3 Å². The molecule has 3 rings (SSSR count). The Labute approximate surface area is 160 Å². The molecule has 0 aliphatic carbocycles. The Hall–Kier alpha value is -3.00. The number of aromatic nitrogens is 1. The van der Waals surface area contributed by atoms with Crippen molar-refractivity contribution < 1.29 is 14.5 Å². The molecule has 0 spiro atoms. The van der Waals surface area contributed by atoms with E-state index in [1.807, 2.05) is 24.3 Å². The number of nitro benzene ring substituents is 1. The molecule has 2 aromatic carbocycles. The number of nitrogens with zero attached hydrogens (tertiary/aromatic N) is 2. The first-order chi connectivity index (χ1) is 13.1. The topological polar surface area (TPSA) is 94.4 Å². The standard InChI is InChI=1S/C19H19N3O4S/c1-2-26-16-10-9-13(12-15(16)22(24)25)19(23)20-11-5-8-18-21-14-6-3-4-7-17(14)27-18/h3-4,6-7,9-10,12H,2,5,8,11H2,1H3,(H,20,23). The summed E-state index contributed by atoms with van der Waals surface area (Å²) >= 11 is 1.65. The molecule has 0 radical (unpaired) electrons. The number of para-hydroxylation sites is 1. The van der Waals surface area contributed by atoms with Crippen LogP contribution in [0.3, 0.4) is 0 Å². The van der Waals surface area contributed by atoms with E-state index in [2.05, 4.69) is 10.3 Å². The van der Waals surface area contributed by atoms with E-state index in [0.717, 1.165) is 28.1 Å². The minimum Gasteiger partial charge on any atom is -0.487 e. The van der Waals surface area contributed by atoms with Crippen LogP contribution in [0.2, 0.25) is 0 Å². The van der Waals surface area contributed by atoms with Crippen molar-refractivity contribution in [3.05, 3.63) is 63.1 Å². The van der Waals surface area contributed by atoms with Gasteiger partial charge in [0.25, 0.3) is 5.91 Å². The van der Waals surface area contributed by atoms with Crippen LogP contribution in [0.1, 0.15) is 28.7 Å². The van der Waals surface area contributed by atoms with Crippen LogP contribution in [0, 0.1) is 10.1 Å². The number of carbonyl (C=O) groups excluding carboxylic acids is 1. The van der Waals surface area contributed by atoms with Gasteiger partial charge in [-0.25, -0.2) is 4.98 Å². The van der Waals surface area contributed by atoms with Gasteiger partial charge in [-0.3, -0.25) is 14.9 Å². The zero-order chi connectivity index (χ0) is 19.2. The molecule has 0 atom stereocenters. The molecular formula is C19H19N3O4S. The van der Waals surface area contributed by atoms with Crippen molar-refractivity contribution in [1.29, 1.82) is 0 Å². The second kappa shape index (κ2) is 8.59. The van der Waals surface area contributed by atoms with Gasteiger partial charge < -0.3 is 10.1 Å². The van der Waals surface area contributed by atoms with Crippen molar-refractivity contribution in [2.45, 2.75) is 19.8 Å². The fraction of sp³-hybridized carbons (Fsp3) is 0.263. The summed E-state index contributed by atoms with van der Waals surface area (Å²) in [5.74, 6) is -0.180. The number of carbonyl (C=O) groups is 1. The number of thiazole rings is 1. The average molecular weight is 385 g/mol. The lowest BCUT2D eigenvalue weighted by Gasteiger charge is -2.07. The number of ether oxygens (including phenoxy) is 1. The first-order valence-electron chi connectivity index (χ1n) is 8.62. The van der Waals surface area contributed by atoms with Crippen molar-refractivity contribution in [2.75, 3.05) is 13.2 Å². The Morgan fingerprint density at radius 1 is 1.30 bits per heavy atom. The molecule has 8 heteroatoms. The molecule has 0 saturated heterocycles. The third-order valence-corrected chi connectivity index (χ3v) is 5.00. The molecule has 0 fully saturated rings. The molecule has 1 heterocycles. The molecule has 0 saturated carbocycles. The fourth-order valence-corrected chi connectivity index (χ4v) is 3.66. The van der Waals surface area contributed by atoms with E-state index < -0.39 is 4.92 Å². The largest absolute Gasteiger partial charge is 0.487 e. The molecule has 0 aliphatic rings. The second-order valence-corrected chi connectivity index (χ2v) is 6.92. The minimum absolute atomic E-state index is 0.162. The fourth-order valence-electron chi connectivity index (χ4n) is 2.65. The average Bonchev–Trinajstić information content (AvgIpc) is 3.08. The lowest BCUT2D eigenvalue weighted by molar-refractivity contribution is -0.385. The van der Waals surface area contributed by atoms with Gasteiger partial charge in [-0.1, -0.05) is 12.1 Å². The summed E-state index contributed by atoms with van der Waals surface area (Å²) in [7, 11) is 0. The molecule has 3 aromatic rings. The number of hydrogen-bond acceptors (Lipinski definition) is 6. The summed E-state index contributed by atoms with van der Waals surface area (Å²) < 4.78 is 6.38. The van der Waals surface area contributed by atoms with Gasteiger partial charge >= 0.3 is 5.69 Å². The van der Waals surface area contributed by atoms with Gasteiger partial charge in [0.15, 0.2) is 5.75 Å². The van der Waals surface area contributed by atoms with Gasteiger partial charge in [0, 0.05) is 24.6 Å². The summed E-state index contributed by atoms with van der Waals surface area (Å²) in [6, 6.07) is 12.2. The maximum Gasteiger partial charge on any atom is 0.311 e. The van der Waals surface area contributed by atoms with Gasteiger partial charge in [-0.05, 0) is 37.6 Å². The number of rotatable bonds is 8. The van der Waals surface area contributed by atoms with Crippen molar-refractivity contribution in [3.8, 4) is 5.75 Å². The number of amides is 1. The molecule has 1 N–H and O–H groups in total. The van der Waals surface area contributed by atoms with Crippen LogP contribution in [0.15, 0.2) is 42.5 Å². The molecule has 0 unspecified atom stereocenters. The van der Waals surface area contributed by atoms with E-state index in [0.29, 0.717) is 13.2 Å². The molecule has 27 heavy (non-hydrogen) atoms. The predicted molar refractivity (Wildman–Crippen MR) is 105 cm³/mol. The van der Waals surface area contributed by atoms with E-state index in [9.17, 15) is 14.9 Å². The normalized spacial score (nSPS) is 10.7. The maximum atomic E-state index is 12.3. The molecule has 0 bridgehead atoms. The van der Waals surface area contributed by atoms with Crippen LogP contribution in [0.5, 0.6) is 5.75 Å². The highest BCUT2D eigenvalue weighted by Gasteiger charge is 2.18. The minimum atomic E-state index is -0.547. The van der Waals surface area contributed by atoms with Crippen molar-refractivity contribution >= 4 is 33.1 Å². The number of benzene rings is 2. The quantitative estimate of drug-likeness (QED) is 0.360. The molecule has 1 aromatic heterocycles. The number of nitro groups is 1. The maximum absolute atomic E-state index is 12.3. The number of nitrogens with one attached hydrogen (secondary N) is 1. The number of fused-ring (bicyclic) bond motifs is 1. The highest BCUT2D eigenvalue weighted by atomic mass is 32.1. The highest BCUT2D eigenvalue weighted by molar-refractivity contribution is 7.18. The summed E-state index contributed by atoms with van der Waals surface area (Å²) in [5, 5.41) is 15.0. The second-order valence-electron chi connectivity index (χ2n) is 5.81. The monoisotopic (exact) mass is 385 g/mol. The molecule has 7 nitrogen and oxygen atoms in total. The van der Waals surface area contributed by atoms with Crippen LogP contribution in [0.25, 0.3) is 10.2 Å². The summed E-state index contributed by atoms with van der Waals surface area (Å²) in [6.07, 6.45) is 1.51. The lowest BCUT2D eigenvalue weighted by atomic mass is 10.1. The van der Waals surface area contributed by atoms with E-state index >= 15 is 0 Å². The SMILES string of the molecule is CCOc1ccc(C(=O)NCCCc2nc3ccccc3s2)cc1[N+](=O)[O-]. The van der Waals surface area contributed by atoms with Crippen molar-refractivity contribution in [2.24, 2.45) is 0 Å². The van der Waals surface area contributed by atoms with E-state index in [1.54, 1.807) is 18.3 Å². The van der Waals surface area contributed by atoms with E-state index in [1.165, 1.54) is 18.2 Å². The van der Waals surface area contributed by atoms with Crippen LogP contribution in [0.4, 0.5) is 5.69 Å². The summed E-state index contributed by atoms with van der Waals surface area (Å²) in [4.78, 5) is 27.4. The molecule has 140 valence electrons. The Bertz CT molecular complexity index is 937. The van der Waals surface area contributed by atoms with Crippen LogP contribution in [-0.2, 0) is 6.42 Å². The van der Waals surface area contributed by atoms with Crippen LogP contribution < -0.4 is 10.1 Å². The first-order valence-corrected chi connectivity index (χ1v) is 9.44. The van der Waals surface area contributed by atoms with Crippen LogP contribution >= 0.6 is 11.3 Å². The predicted octanol–water partition coefficient (Wildman–Crippen LogP) is 3.97. The number of aryl methyl sites for hydroxylation is 1. The Kier molecular flexibility index (Phi) is 5.97. The van der Waals surface area contributed by atoms with Gasteiger partial charge in [-0.2, -0.15) is 0 Å². The molecule has 0 aliphatic heterocycles. The van der Waals surface area contributed by atoms with E-state index in [4.69, 9.17) is 4.74 Å². The zero-order valence-corrected chi connectivity index (χ0v) is 15.6. The molecule has 1 amide bonds. The highest BCUT2D eigenvalue weighted by Crippen LogP contribution is 2.28. The molecular weight excluding hydrogens is 366 g/mol. The lowest BCUT2D eigenvalue weighted by Crippen LogP contribution is -2.24.